The second-order valence-electron chi connectivity index (χ2n) is 5.19. The predicted molar refractivity (Wildman–Crippen MR) is 82.3 cm³/mol. The first kappa shape index (κ1) is 13.5. The molecule has 2 aromatic rings. The SMILES string of the molecule is Cc1c(-c2ccccc2)[nH]c(CC2CCCO2)nc1=S. The number of aromatic nitrogens is 2. The van der Waals surface area contributed by atoms with Gasteiger partial charge in [-0.3, -0.25) is 0 Å². The van der Waals surface area contributed by atoms with Crippen molar-refractivity contribution in [2.75, 3.05) is 6.61 Å². The molecule has 3 rings (SSSR count). The van der Waals surface area contributed by atoms with Crippen LogP contribution in [-0.2, 0) is 11.2 Å². The van der Waals surface area contributed by atoms with Crippen molar-refractivity contribution in [1.82, 2.24) is 9.97 Å². The van der Waals surface area contributed by atoms with Crippen LogP contribution in [0.2, 0.25) is 0 Å². The number of benzene rings is 1. The molecule has 1 aromatic carbocycles. The van der Waals surface area contributed by atoms with Crippen molar-refractivity contribution in [3.63, 3.8) is 0 Å². The number of hydrogen-bond acceptors (Lipinski definition) is 3. The minimum absolute atomic E-state index is 0.277. The van der Waals surface area contributed by atoms with E-state index in [2.05, 4.69) is 22.1 Å². The number of hydrogen-bond donors (Lipinski definition) is 1. The highest BCUT2D eigenvalue weighted by Gasteiger charge is 2.18. The Kier molecular flexibility index (Phi) is 3.94. The maximum Gasteiger partial charge on any atom is 0.133 e. The molecule has 1 N–H and O–H groups in total. The summed E-state index contributed by atoms with van der Waals surface area (Å²) >= 11 is 5.40. The largest absolute Gasteiger partial charge is 0.378 e. The summed E-state index contributed by atoms with van der Waals surface area (Å²) in [4.78, 5) is 7.94. The topological polar surface area (TPSA) is 37.9 Å². The molecular formula is C16H18N2OS. The van der Waals surface area contributed by atoms with Crippen LogP contribution in [0.15, 0.2) is 30.3 Å². The van der Waals surface area contributed by atoms with Crippen LogP contribution in [0.5, 0.6) is 0 Å². The maximum atomic E-state index is 5.68. The third-order valence-electron chi connectivity index (χ3n) is 3.71. The van der Waals surface area contributed by atoms with Gasteiger partial charge in [0.2, 0.25) is 0 Å². The summed E-state index contributed by atoms with van der Waals surface area (Å²) < 4.78 is 6.36. The Hall–Kier alpha value is -1.52. The quantitative estimate of drug-likeness (QED) is 0.871. The summed E-state index contributed by atoms with van der Waals surface area (Å²) in [5, 5.41) is 0. The minimum Gasteiger partial charge on any atom is -0.378 e. The number of rotatable bonds is 3. The van der Waals surface area contributed by atoms with Crippen LogP contribution in [0, 0.1) is 11.6 Å². The van der Waals surface area contributed by atoms with E-state index >= 15 is 0 Å². The van der Waals surface area contributed by atoms with Crippen molar-refractivity contribution >= 4 is 12.2 Å². The van der Waals surface area contributed by atoms with Gasteiger partial charge in [-0.15, -0.1) is 0 Å². The van der Waals surface area contributed by atoms with Crippen molar-refractivity contribution in [3.8, 4) is 11.3 Å². The van der Waals surface area contributed by atoms with Gasteiger partial charge in [-0.2, -0.15) is 0 Å². The average Bonchev–Trinajstić information content (AvgIpc) is 2.96. The molecular weight excluding hydrogens is 268 g/mol. The lowest BCUT2D eigenvalue weighted by Gasteiger charge is -2.12. The van der Waals surface area contributed by atoms with E-state index in [4.69, 9.17) is 17.0 Å². The standard InChI is InChI=1S/C16H18N2OS/c1-11-15(12-6-3-2-4-7-12)17-14(18-16(11)20)10-13-8-5-9-19-13/h2-4,6-7,13H,5,8-10H2,1H3,(H,17,18,20). The van der Waals surface area contributed by atoms with Gasteiger partial charge >= 0.3 is 0 Å². The smallest absolute Gasteiger partial charge is 0.133 e. The molecule has 2 heterocycles. The van der Waals surface area contributed by atoms with Gasteiger partial charge in [-0.1, -0.05) is 42.5 Å². The molecule has 3 nitrogen and oxygen atoms in total. The molecule has 1 saturated heterocycles. The van der Waals surface area contributed by atoms with Gasteiger partial charge < -0.3 is 9.72 Å². The third kappa shape index (κ3) is 2.81. The first-order valence-corrected chi connectivity index (χ1v) is 7.41. The molecule has 0 aliphatic carbocycles. The van der Waals surface area contributed by atoms with Crippen LogP contribution < -0.4 is 0 Å². The van der Waals surface area contributed by atoms with Gasteiger partial charge in [0.05, 0.1) is 11.8 Å². The zero-order valence-electron chi connectivity index (χ0n) is 11.6. The van der Waals surface area contributed by atoms with Crippen LogP contribution in [0.4, 0.5) is 0 Å². The molecule has 1 aliphatic rings. The van der Waals surface area contributed by atoms with Gasteiger partial charge in [0.15, 0.2) is 0 Å². The fourth-order valence-electron chi connectivity index (χ4n) is 2.59. The Bertz CT molecular complexity index is 645. The molecule has 0 saturated carbocycles. The summed E-state index contributed by atoms with van der Waals surface area (Å²) in [5.41, 5.74) is 3.24. The first-order chi connectivity index (χ1) is 9.74. The molecule has 0 spiro atoms. The number of nitrogens with one attached hydrogen (secondary N) is 1. The highest BCUT2D eigenvalue weighted by Crippen LogP contribution is 2.23. The Balaban J connectivity index is 1.97. The summed E-state index contributed by atoms with van der Waals surface area (Å²) in [6.45, 7) is 2.88. The minimum atomic E-state index is 0.277. The molecule has 1 fully saturated rings. The number of aromatic amines is 1. The molecule has 4 heteroatoms. The van der Waals surface area contributed by atoms with E-state index in [1.54, 1.807) is 0 Å². The number of ether oxygens (including phenoxy) is 1. The van der Waals surface area contributed by atoms with Crippen molar-refractivity contribution < 1.29 is 4.74 Å². The molecule has 0 radical (unpaired) electrons. The van der Waals surface area contributed by atoms with Gasteiger partial charge in [0.1, 0.15) is 10.5 Å². The first-order valence-electron chi connectivity index (χ1n) is 7.01. The molecule has 1 aromatic heterocycles. The molecule has 20 heavy (non-hydrogen) atoms. The zero-order chi connectivity index (χ0) is 13.9. The Labute approximate surface area is 124 Å². The molecule has 0 bridgehead atoms. The van der Waals surface area contributed by atoms with E-state index in [0.29, 0.717) is 4.64 Å². The van der Waals surface area contributed by atoms with Gasteiger partial charge in [-0.25, -0.2) is 4.98 Å². The van der Waals surface area contributed by atoms with E-state index in [1.165, 1.54) is 0 Å². The second kappa shape index (κ2) is 5.85. The van der Waals surface area contributed by atoms with E-state index in [9.17, 15) is 0 Å². The predicted octanol–water partition coefficient (Wildman–Crippen LogP) is 3.84. The fraction of sp³-hybridized carbons (Fsp3) is 0.375. The molecule has 1 unspecified atom stereocenters. The van der Waals surface area contributed by atoms with Crippen molar-refractivity contribution in [1.29, 1.82) is 0 Å². The molecule has 104 valence electrons. The highest BCUT2D eigenvalue weighted by atomic mass is 32.1. The summed E-state index contributed by atoms with van der Waals surface area (Å²) in [5.74, 6) is 0.923. The summed E-state index contributed by atoms with van der Waals surface area (Å²) in [7, 11) is 0. The van der Waals surface area contributed by atoms with Gasteiger partial charge in [0, 0.05) is 18.6 Å². The van der Waals surface area contributed by atoms with Crippen LogP contribution in [0.1, 0.15) is 24.2 Å². The van der Waals surface area contributed by atoms with Gasteiger partial charge in [0.25, 0.3) is 0 Å². The summed E-state index contributed by atoms with van der Waals surface area (Å²) in [6.07, 6.45) is 3.34. The lowest BCUT2D eigenvalue weighted by Crippen LogP contribution is -2.12. The van der Waals surface area contributed by atoms with E-state index in [0.717, 1.165) is 48.5 Å². The van der Waals surface area contributed by atoms with Crippen LogP contribution in [0.25, 0.3) is 11.3 Å². The Morgan fingerprint density at radius 2 is 2.15 bits per heavy atom. The van der Waals surface area contributed by atoms with Crippen molar-refractivity contribution in [3.05, 3.63) is 46.4 Å². The van der Waals surface area contributed by atoms with Crippen LogP contribution >= 0.6 is 12.2 Å². The molecule has 1 aliphatic heterocycles. The lowest BCUT2D eigenvalue weighted by molar-refractivity contribution is 0.110. The second-order valence-corrected chi connectivity index (χ2v) is 5.58. The fourth-order valence-corrected chi connectivity index (χ4v) is 2.80. The monoisotopic (exact) mass is 286 g/mol. The molecule has 0 amide bonds. The average molecular weight is 286 g/mol. The van der Waals surface area contributed by atoms with E-state index in [-0.39, 0.29) is 6.10 Å². The van der Waals surface area contributed by atoms with Crippen molar-refractivity contribution in [2.45, 2.75) is 32.3 Å². The number of H-pyrrole nitrogens is 1. The zero-order valence-corrected chi connectivity index (χ0v) is 12.4. The highest BCUT2D eigenvalue weighted by molar-refractivity contribution is 7.71. The van der Waals surface area contributed by atoms with E-state index in [1.807, 2.05) is 25.1 Å². The Morgan fingerprint density at radius 1 is 1.35 bits per heavy atom. The van der Waals surface area contributed by atoms with E-state index < -0.39 is 0 Å². The molecule has 1 atom stereocenters. The lowest BCUT2D eigenvalue weighted by atomic mass is 10.1. The normalized spacial score (nSPS) is 18.4. The summed E-state index contributed by atoms with van der Waals surface area (Å²) in [6, 6.07) is 10.3. The Morgan fingerprint density at radius 3 is 2.85 bits per heavy atom. The third-order valence-corrected chi connectivity index (χ3v) is 4.11. The van der Waals surface area contributed by atoms with Gasteiger partial charge in [-0.05, 0) is 25.3 Å². The van der Waals surface area contributed by atoms with Crippen LogP contribution in [-0.4, -0.2) is 22.7 Å². The van der Waals surface area contributed by atoms with Crippen LogP contribution in [0.3, 0.4) is 0 Å². The number of nitrogens with zero attached hydrogens (tertiary/aromatic N) is 1. The maximum absolute atomic E-state index is 5.68. The van der Waals surface area contributed by atoms with Crippen molar-refractivity contribution in [2.24, 2.45) is 0 Å².